The van der Waals surface area contributed by atoms with E-state index in [9.17, 15) is 9.59 Å². The molecule has 2 saturated heterocycles. The van der Waals surface area contributed by atoms with Crippen LogP contribution < -0.4 is 15.1 Å². The summed E-state index contributed by atoms with van der Waals surface area (Å²) in [6, 6.07) is 9.66. The number of anilines is 1. The smallest absolute Gasteiger partial charge is 0.200 e. The summed E-state index contributed by atoms with van der Waals surface area (Å²) >= 11 is 0. The number of likely N-dealkylation sites (N-methyl/N-ethyl adjacent to an activating group) is 1. The van der Waals surface area contributed by atoms with Gasteiger partial charge in [-0.15, -0.1) is 0 Å². The third-order valence-corrected chi connectivity index (χ3v) is 8.49. The zero-order chi connectivity index (χ0) is 26.6. The first kappa shape index (κ1) is 24.9. The number of piperidine rings is 1. The molecular weight excluding hydrogens is 481 g/mol. The number of carbonyl (C=O) groups is 1. The molecule has 6 rings (SSSR count). The monoisotopic (exact) mass is 515 g/mol. The quantitative estimate of drug-likeness (QED) is 0.333. The van der Waals surface area contributed by atoms with Gasteiger partial charge in [0.1, 0.15) is 5.69 Å². The molecule has 7 heteroatoms. The lowest BCUT2D eigenvalue weighted by Crippen LogP contribution is -2.42. The lowest BCUT2D eigenvalue weighted by molar-refractivity contribution is 0.104. The molecule has 1 saturated carbocycles. The molecule has 0 N–H and O–H groups in total. The number of carbonyl (C=O) groups excluding carboxylic acids is 1. The first-order valence-electron chi connectivity index (χ1n) is 13.5. The molecule has 38 heavy (non-hydrogen) atoms. The van der Waals surface area contributed by atoms with E-state index < -0.39 is 11.2 Å². The van der Waals surface area contributed by atoms with Crippen molar-refractivity contribution >= 4 is 28.4 Å². The van der Waals surface area contributed by atoms with E-state index in [1.807, 2.05) is 35.8 Å². The Kier molecular flexibility index (Phi) is 6.34. The molecule has 0 amide bonds. The van der Waals surface area contributed by atoms with Crippen LogP contribution in [-0.2, 0) is 0 Å². The Morgan fingerprint density at radius 1 is 1.13 bits per heavy atom. The standard InChI is InChI=1S/C31H34FN3O3/c1-19-6-8-20(9-7-19)10-13-27(36)24-17-35(22-11-12-22)28-23(30(24)37)15-25(32)29(31(28)38-3)34-16-21-5-4-14-33(2)26(21)18-34/h6-10,13,15,17,21-22,26H,4-5,11-12,14,16,18H2,1-3H3. The third-order valence-electron chi connectivity index (χ3n) is 8.49. The summed E-state index contributed by atoms with van der Waals surface area (Å²) in [6.07, 6.45) is 8.97. The molecule has 2 atom stereocenters. The Morgan fingerprint density at radius 2 is 1.89 bits per heavy atom. The number of ketones is 1. The number of fused-ring (bicyclic) bond motifs is 2. The Bertz CT molecular complexity index is 1490. The molecule has 1 aromatic heterocycles. The number of allylic oxidation sites excluding steroid dienone is 1. The fourth-order valence-corrected chi connectivity index (χ4v) is 6.27. The summed E-state index contributed by atoms with van der Waals surface area (Å²) in [5, 5.41) is 0.193. The fourth-order valence-electron chi connectivity index (χ4n) is 6.27. The van der Waals surface area contributed by atoms with Crippen molar-refractivity contribution in [3.8, 4) is 5.75 Å². The van der Waals surface area contributed by atoms with Crippen LogP contribution in [-0.4, -0.2) is 55.1 Å². The van der Waals surface area contributed by atoms with E-state index in [-0.39, 0.29) is 22.8 Å². The van der Waals surface area contributed by atoms with Gasteiger partial charge in [0.25, 0.3) is 0 Å². The van der Waals surface area contributed by atoms with Gasteiger partial charge < -0.3 is 19.1 Å². The minimum Gasteiger partial charge on any atom is -0.492 e. The number of pyridine rings is 1. The fraction of sp³-hybridized carbons (Fsp3) is 0.419. The highest BCUT2D eigenvalue weighted by Crippen LogP contribution is 2.45. The third kappa shape index (κ3) is 4.33. The summed E-state index contributed by atoms with van der Waals surface area (Å²) in [6.45, 7) is 4.56. The van der Waals surface area contributed by atoms with Gasteiger partial charge in [0.15, 0.2) is 17.3 Å². The molecule has 198 valence electrons. The van der Waals surface area contributed by atoms with E-state index in [1.54, 1.807) is 12.3 Å². The van der Waals surface area contributed by atoms with E-state index in [0.29, 0.717) is 28.9 Å². The van der Waals surface area contributed by atoms with Crippen LogP contribution in [0.3, 0.4) is 0 Å². The molecule has 1 aliphatic carbocycles. The van der Waals surface area contributed by atoms with Crippen LogP contribution in [0.15, 0.2) is 47.4 Å². The number of likely N-dealkylation sites (tertiary alicyclic amines) is 1. The Labute approximate surface area is 222 Å². The molecule has 3 fully saturated rings. The second kappa shape index (κ2) is 9.70. The zero-order valence-electron chi connectivity index (χ0n) is 22.2. The summed E-state index contributed by atoms with van der Waals surface area (Å²) in [5.41, 5.74) is 2.60. The number of halogens is 1. The van der Waals surface area contributed by atoms with Gasteiger partial charge in [0.2, 0.25) is 5.43 Å². The van der Waals surface area contributed by atoms with Gasteiger partial charge in [-0.25, -0.2) is 4.39 Å². The second-order valence-corrected chi connectivity index (χ2v) is 11.1. The van der Waals surface area contributed by atoms with Crippen LogP contribution in [0.5, 0.6) is 5.75 Å². The van der Waals surface area contributed by atoms with E-state index >= 15 is 4.39 Å². The highest BCUT2D eigenvalue weighted by molar-refractivity contribution is 6.08. The van der Waals surface area contributed by atoms with Gasteiger partial charge in [-0.05, 0) is 69.8 Å². The van der Waals surface area contributed by atoms with E-state index in [1.165, 1.54) is 19.3 Å². The molecule has 0 spiro atoms. The summed E-state index contributed by atoms with van der Waals surface area (Å²) < 4.78 is 23.7. The van der Waals surface area contributed by atoms with Crippen LogP contribution in [0, 0.1) is 18.7 Å². The Morgan fingerprint density at radius 3 is 2.58 bits per heavy atom. The van der Waals surface area contributed by atoms with Crippen LogP contribution >= 0.6 is 0 Å². The predicted molar refractivity (Wildman–Crippen MR) is 149 cm³/mol. The van der Waals surface area contributed by atoms with Crippen LogP contribution in [0.2, 0.25) is 0 Å². The van der Waals surface area contributed by atoms with Gasteiger partial charge in [-0.2, -0.15) is 0 Å². The van der Waals surface area contributed by atoms with Crippen molar-refractivity contribution in [2.45, 2.75) is 44.7 Å². The first-order chi connectivity index (χ1) is 18.4. The lowest BCUT2D eigenvalue weighted by atomic mass is 9.93. The van der Waals surface area contributed by atoms with Crippen LogP contribution in [0.1, 0.15) is 53.2 Å². The average molecular weight is 516 g/mol. The lowest BCUT2D eigenvalue weighted by Gasteiger charge is -2.33. The average Bonchev–Trinajstić information content (AvgIpc) is 3.66. The minimum atomic E-state index is -0.477. The first-order valence-corrected chi connectivity index (χ1v) is 13.5. The number of nitrogens with zero attached hydrogens (tertiary/aromatic N) is 3. The van der Waals surface area contributed by atoms with Crippen molar-refractivity contribution in [3.63, 3.8) is 0 Å². The highest BCUT2D eigenvalue weighted by atomic mass is 19.1. The number of methoxy groups -OCH3 is 1. The molecule has 2 aliphatic heterocycles. The molecule has 3 aromatic rings. The van der Waals surface area contributed by atoms with Crippen LogP contribution in [0.4, 0.5) is 10.1 Å². The predicted octanol–water partition coefficient (Wildman–Crippen LogP) is 5.22. The van der Waals surface area contributed by atoms with Crippen molar-refractivity contribution in [3.05, 3.63) is 75.3 Å². The Hall–Kier alpha value is -3.45. The van der Waals surface area contributed by atoms with Crippen molar-refractivity contribution in [1.82, 2.24) is 9.47 Å². The van der Waals surface area contributed by atoms with E-state index in [4.69, 9.17) is 4.74 Å². The maximum absolute atomic E-state index is 15.9. The normalized spacial score (nSPS) is 21.8. The van der Waals surface area contributed by atoms with Gasteiger partial charge in [0.05, 0.1) is 23.6 Å². The topological polar surface area (TPSA) is 54.8 Å². The van der Waals surface area contributed by atoms with Crippen molar-refractivity contribution < 1.29 is 13.9 Å². The molecule has 0 radical (unpaired) electrons. The molecule has 6 nitrogen and oxygen atoms in total. The molecular formula is C31H34FN3O3. The number of hydrogen-bond acceptors (Lipinski definition) is 5. The van der Waals surface area contributed by atoms with Gasteiger partial charge >= 0.3 is 0 Å². The SMILES string of the molecule is COc1c(N2CC3CCCN(C)C3C2)c(F)cc2c(=O)c(C(=O)C=Cc3ccc(C)cc3)cn(C3CC3)c12. The second-order valence-electron chi connectivity index (χ2n) is 11.1. The molecule has 2 unspecified atom stereocenters. The highest BCUT2D eigenvalue weighted by Gasteiger charge is 2.40. The van der Waals surface area contributed by atoms with Crippen molar-refractivity contribution in [1.29, 1.82) is 0 Å². The van der Waals surface area contributed by atoms with Gasteiger partial charge in [-0.3, -0.25) is 9.59 Å². The van der Waals surface area contributed by atoms with E-state index in [2.05, 4.69) is 16.8 Å². The number of aryl methyl sites for hydroxylation is 1. The maximum atomic E-state index is 15.9. The number of rotatable bonds is 6. The van der Waals surface area contributed by atoms with Crippen molar-refractivity contribution in [2.75, 3.05) is 38.7 Å². The zero-order valence-corrected chi connectivity index (χ0v) is 22.2. The van der Waals surface area contributed by atoms with Gasteiger partial charge in [-0.1, -0.05) is 35.9 Å². The number of hydrogen-bond donors (Lipinski definition) is 0. The molecule has 3 aliphatic rings. The summed E-state index contributed by atoms with van der Waals surface area (Å²) in [4.78, 5) is 31.3. The molecule has 2 aromatic carbocycles. The van der Waals surface area contributed by atoms with Crippen LogP contribution in [0.25, 0.3) is 17.0 Å². The van der Waals surface area contributed by atoms with Crippen molar-refractivity contribution in [2.24, 2.45) is 5.92 Å². The number of aromatic nitrogens is 1. The molecule has 0 bridgehead atoms. The van der Waals surface area contributed by atoms with Gasteiger partial charge in [0, 0.05) is 31.4 Å². The minimum absolute atomic E-state index is 0.0516. The van der Waals surface area contributed by atoms with E-state index in [0.717, 1.165) is 56.4 Å². The molecule has 3 heterocycles. The summed E-state index contributed by atoms with van der Waals surface area (Å²) in [7, 11) is 3.68. The number of benzene rings is 2. The summed E-state index contributed by atoms with van der Waals surface area (Å²) in [5.74, 6) is 0.0101. The maximum Gasteiger partial charge on any atom is 0.200 e. The Balaban J connectivity index is 1.44. The number of ether oxygens (including phenoxy) is 1. The largest absolute Gasteiger partial charge is 0.492 e.